The highest BCUT2D eigenvalue weighted by molar-refractivity contribution is 5.98. The van der Waals surface area contributed by atoms with Crippen molar-refractivity contribution in [3.8, 4) is 5.88 Å². The SMILES string of the molecule is COc1cc(CN2CCN(C3CC4(CCN(c5ccccc5C(N)=O)CC4)C3)[C@H](c3ccccc3C(C)C)C2)ccn1. The molecule has 0 unspecified atom stereocenters. The number of aromatic nitrogens is 1. The summed E-state index contributed by atoms with van der Waals surface area (Å²) in [5, 5.41) is 0. The second-order valence-electron chi connectivity index (χ2n) is 12.9. The molecule has 7 nitrogen and oxygen atoms in total. The van der Waals surface area contributed by atoms with Crippen LogP contribution in [0.5, 0.6) is 5.88 Å². The second kappa shape index (κ2) is 12.1. The first-order valence-electron chi connectivity index (χ1n) is 15.6. The first kappa shape index (κ1) is 28.7. The number of piperidine rings is 1. The number of methoxy groups -OCH3 is 1. The maximum absolute atomic E-state index is 12.0. The van der Waals surface area contributed by atoms with Crippen molar-refractivity contribution in [2.24, 2.45) is 11.1 Å². The van der Waals surface area contributed by atoms with Crippen LogP contribution in [0.1, 0.15) is 78.5 Å². The lowest BCUT2D eigenvalue weighted by Gasteiger charge is -2.58. The summed E-state index contributed by atoms with van der Waals surface area (Å²) in [6.45, 7) is 10.7. The Hall–Kier alpha value is -3.42. The summed E-state index contributed by atoms with van der Waals surface area (Å²) in [6.07, 6.45) is 6.73. The molecule has 1 aliphatic carbocycles. The van der Waals surface area contributed by atoms with E-state index in [2.05, 4.69) is 69.9 Å². The van der Waals surface area contributed by atoms with E-state index in [0.717, 1.165) is 45.0 Å². The quantitative estimate of drug-likeness (QED) is 0.381. The molecule has 1 aromatic heterocycles. The average Bonchev–Trinajstić information content (AvgIpc) is 3.00. The van der Waals surface area contributed by atoms with Crippen LogP contribution >= 0.6 is 0 Å². The van der Waals surface area contributed by atoms with Gasteiger partial charge in [-0.2, -0.15) is 0 Å². The van der Waals surface area contributed by atoms with Gasteiger partial charge in [-0.25, -0.2) is 4.98 Å². The number of piperazine rings is 1. The number of carbonyl (C=O) groups is 1. The molecule has 0 radical (unpaired) electrons. The highest BCUT2D eigenvalue weighted by Gasteiger charge is 2.50. The van der Waals surface area contributed by atoms with E-state index in [-0.39, 0.29) is 5.91 Å². The number of anilines is 1. The predicted molar refractivity (Wildman–Crippen MR) is 168 cm³/mol. The van der Waals surface area contributed by atoms with Crippen LogP contribution in [0.3, 0.4) is 0 Å². The maximum atomic E-state index is 12.0. The summed E-state index contributed by atoms with van der Waals surface area (Å²) in [7, 11) is 1.68. The predicted octanol–water partition coefficient (Wildman–Crippen LogP) is 5.62. The third-order valence-electron chi connectivity index (χ3n) is 10.0. The molecule has 3 aliphatic rings. The fourth-order valence-corrected chi connectivity index (χ4v) is 7.73. The van der Waals surface area contributed by atoms with E-state index in [0.29, 0.717) is 34.9 Å². The highest BCUT2D eigenvalue weighted by atomic mass is 16.5. The Bertz CT molecular complexity index is 1390. The van der Waals surface area contributed by atoms with Crippen molar-refractivity contribution in [3.63, 3.8) is 0 Å². The fourth-order valence-electron chi connectivity index (χ4n) is 7.73. The molecule has 3 aromatic rings. The van der Waals surface area contributed by atoms with E-state index in [1.807, 2.05) is 30.5 Å². The molecule has 1 amide bonds. The molecule has 1 atom stereocenters. The summed E-state index contributed by atoms with van der Waals surface area (Å²) >= 11 is 0. The number of amides is 1. The van der Waals surface area contributed by atoms with Crippen LogP contribution in [0.4, 0.5) is 5.69 Å². The van der Waals surface area contributed by atoms with Gasteiger partial charge in [0.05, 0.1) is 12.7 Å². The third kappa shape index (κ3) is 5.77. The molecule has 42 heavy (non-hydrogen) atoms. The Labute approximate surface area is 250 Å². The molecule has 1 saturated carbocycles. The molecular formula is C35H45N5O2. The van der Waals surface area contributed by atoms with Gasteiger partial charge in [-0.15, -0.1) is 0 Å². The van der Waals surface area contributed by atoms with Crippen LogP contribution in [0.2, 0.25) is 0 Å². The van der Waals surface area contributed by atoms with E-state index in [1.165, 1.54) is 42.4 Å². The number of ether oxygens (including phenoxy) is 1. The van der Waals surface area contributed by atoms with Gasteiger partial charge >= 0.3 is 0 Å². The van der Waals surface area contributed by atoms with E-state index in [4.69, 9.17) is 10.5 Å². The Kier molecular flexibility index (Phi) is 8.24. The van der Waals surface area contributed by atoms with Crippen LogP contribution in [0.15, 0.2) is 66.9 Å². The first-order valence-corrected chi connectivity index (χ1v) is 15.6. The van der Waals surface area contributed by atoms with Crippen LogP contribution in [-0.2, 0) is 6.54 Å². The zero-order chi connectivity index (χ0) is 29.3. The zero-order valence-electron chi connectivity index (χ0n) is 25.3. The number of nitrogens with two attached hydrogens (primary N) is 1. The number of benzene rings is 2. The number of pyridine rings is 1. The normalized spacial score (nSPS) is 21.4. The summed E-state index contributed by atoms with van der Waals surface area (Å²) in [6, 6.07) is 22.1. The number of carbonyl (C=O) groups excluding carboxylic acids is 1. The van der Waals surface area contributed by atoms with Gasteiger partial charge in [0.1, 0.15) is 0 Å². The van der Waals surface area contributed by atoms with Gasteiger partial charge in [-0.1, -0.05) is 50.2 Å². The summed E-state index contributed by atoms with van der Waals surface area (Å²) < 4.78 is 5.39. The van der Waals surface area contributed by atoms with Crippen molar-refractivity contribution < 1.29 is 9.53 Å². The van der Waals surface area contributed by atoms with Crippen molar-refractivity contribution in [2.45, 2.75) is 64.1 Å². The topological polar surface area (TPSA) is 74.9 Å². The van der Waals surface area contributed by atoms with Gasteiger partial charge in [-0.3, -0.25) is 14.6 Å². The van der Waals surface area contributed by atoms with Gasteiger partial charge in [0.15, 0.2) is 0 Å². The van der Waals surface area contributed by atoms with Gasteiger partial charge < -0.3 is 15.4 Å². The maximum Gasteiger partial charge on any atom is 0.250 e. The largest absolute Gasteiger partial charge is 0.481 e. The number of primary amides is 1. The minimum atomic E-state index is -0.343. The van der Waals surface area contributed by atoms with Crippen molar-refractivity contribution in [3.05, 3.63) is 89.1 Å². The Balaban J connectivity index is 1.16. The molecule has 0 bridgehead atoms. The van der Waals surface area contributed by atoms with E-state index < -0.39 is 0 Å². The molecular weight excluding hydrogens is 522 g/mol. The molecule has 1 spiro atoms. The summed E-state index contributed by atoms with van der Waals surface area (Å²) in [5.41, 5.74) is 11.9. The van der Waals surface area contributed by atoms with Crippen molar-refractivity contribution >= 4 is 11.6 Å². The molecule has 3 heterocycles. The van der Waals surface area contributed by atoms with Crippen molar-refractivity contribution in [2.75, 3.05) is 44.7 Å². The lowest BCUT2D eigenvalue weighted by Crippen LogP contribution is -2.60. The molecule has 2 aromatic carbocycles. The van der Waals surface area contributed by atoms with Crippen molar-refractivity contribution in [1.29, 1.82) is 0 Å². The average molecular weight is 568 g/mol. The molecule has 2 aliphatic heterocycles. The Morgan fingerprint density at radius 1 is 1.02 bits per heavy atom. The third-order valence-corrected chi connectivity index (χ3v) is 10.0. The van der Waals surface area contributed by atoms with Gasteiger partial charge in [0.25, 0.3) is 5.91 Å². The molecule has 3 fully saturated rings. The van der Waals surface area contributed by atoms with E-state index in [1.54, 1.807) is 7.11 Å². The molecule has 7 heteroatoms. The minimum Gasteiger partial charge on any atom is -0.481 e. The van der Waals surface area contributed by atoms with Crippen LogP contribution in [0, 0.1) is 5.41 Å². The van der Waals surface area contributed by atoms with E-state index in [9.17, 15) is 4.79 Å². The fraction of sp³-hybridized carbons (Fsp3) is 0.486. The van der Waals surface area contributed by atoms with Gasteiger partial charge in [0.2, 0.25) is 5.88 Å². The number of para-hydroxylation sites is 1. The number of hydrogen-bond donors (Lipinski definition) is 1. The summed E-state index contributed by atoms with van der Waals surface area (Å²) in [5.74, 6) is 0.824. The zero-order valence-corrected chi connectivity index (χ0v) is 25.3. The molecule has 222 valence electrons. The lowest BCUT2D eigenvalue weighted by atomic mass is 9.59. The monoisotopic (exact) mass is 567 g/mol. The molecule has 2 saturated heterocycles. The van der Waals surface area contributed by atoms with Crippen LogP contribution in [-0.4, -0.2) is 66.6 Å². The molecule has 2 N–H and O–H groups in total. The lowest BCUT2D eigenvalue weighted by molar-refractivity contribution is -0.0628. The van der Waals surface area contributed by atoms with E-state index >= 15 is 0 Å². The second-order valence-corrected chi connectivity index (χ2v) is 12.9. The highest BCUT2D eigenvalue weighted by Crippen LogP contribution is 2.53. The van der Waals surface area contributed by atoms with Gasteiger partial charge in [-0.05, 0) is 71.9 Å². The smallest absolute Gasteiger partial charge is 0.250 e. The summed E-state index contributed by atoms with van der Waals surface area (Å²) in [4.78, 5) is 24.1. The standard InChI is InChI=1S/C35H45N5O2/c1-25(2)28-8-4-5-9-29(28)32-24-38(23-26-12-15-37-33(20-26)42-3)18-19-40(32)27-21-35(22-27)13-16-39(17-14-35)31-11-7-6-10-30(31)34(36)41/h4-12,15,20,25,27,32H,13-14,16-19,21-24H2,1-3H3,(H2,36,41)/t32-/m0/s1. The number of rotatable bonds is 8. The van der Waals surface area contributed by atoms with Crippen molar-refractivity contribution in [1.82, 2.24) is 14.8 Å². The van der Waals surface area contributed by atoms with Crippen LogP contribution < -0.4 is 15.4 Å². The number of nitrogens with zero attached hydrogens (tertiary/aromatic N) is 4. The Morgan fingerprint density at radius 2 is 1.76 bits per heavy atom. The number of hydrogen-bond acceptors (Lipinski definition) is 6. The first-order chi connectivity index (χ1) is 20.4. The van der Waals surface area contributed by atoms with Gasteiger partial charge in [0, 0.05) is 69.3 Å². The Morgan fingerprint density at radius 3 is 2.50 bits per heavy atom. The minimum absolute atomic E-state index is 0.343. The molecule has 6 rings (SSSR count). The van der Waals surface area contributed by atoms with Crippen LogP contribution in [0.25, 0.3) is 0 Å².